The van der Waals surface area contributed by atoms with E-state index in [-0.39, 0.29) is 13.8 Å². The normalized spacial score (nSPS) is 32.2. The lowest BCUT2D eigenvalue weighted by molar-refractivity contribution is -0.186. The van der Waals surface area contributed by atoms with Gasteiger partial charge in [0, 0.05) is 5.41 Å². The molecule has 2 unspecified atom stereocenters. The Labute approximate surface area is 133 Å². The highest BCUT2D eigenvalue weighted by Gasteiger charge is 2.76. The molecule has 0 radical (unpaired) electrons. The Kier molecular flexibility index (Phi) is 4.38. The van der Waals surface area contributed by atoms with Crippen LogP contribution in [0.25, 0.3) is 0 Å². The summed E-state index contributed by atoms with van der Waals surface area (Å²) >= 11 is 0. The molecule has 10 heteroatoms. The SMILES string of the molecule is C.CC12CCC(C(=O)OCC(F)(F)S(=O)(=O)[O-])(OC1=O)C2(C)C. The second-order valence-corrected chi connectivity index (χ2v) is 7.85. The van der Waals surface area contributed by atoms with Crippen molar-refractivity contribution in [1.29, 1.82) is 0 Å². The van der Waals surface area contributed by atoms with E-state index in [1.165, 1.54) is 0 Å². The van der Waals surface area contributed by atoms with Gasteiger partial charge in [-0.2, -0.15) is 8.78 Å². The number of halogens is 2. The lowest BCUT2D eigenvalue weighted by atomic mass is 9.66. The van der Waals surface area contributed by atoms with E-state index in [4.69, 9.17) is 4.74 Å². The first kappa shape index (κ1) is 19.8. The molecule has 0 spiro atoms. The fourth-order valence-corrected chi connectivity index (χ4v) is 3.24. The fourth-order valence-electron chi connectivity index (χ4n) is 3.04. The summed E-state index contributed by atoms with van der Waals surface area (Å²) in [4.78, 5) is 24.1. The summed E-state index contributed by atoms with van der Waals surface area (Å²) in [6.45, 7) is 2.85. The molecule has 134 valence electrons. The average molecular weight is 357 g/mol. The number of carbonyl (C=O) groups excluding carboxylic acids is 2. The molecule has 0 amide bonds. The number of hydrogen-bond donors (Lipinski definition) is 0. The number of esters is 2. The zero-order valence-electron chi connectivity index (χ0n) is 12.1. The van der Waals surface area contributed by atoms with Crippen LogP contribution in [0.3, 0.4) is 0 Å². The van der Waals surface area contributed by atoms with E-state index in [0.717, 1.165) is 0 Å². The first-order valence-corrected chi connectivity index (χ1v) is 7.86. The molecule has 1 saturated heterocycles. The molecule has 0 aromatic heterocycles. The van der Waals surface area contributed by atoms with E-state index >= 15 is 0 Å². The smallest absolute Gasteiger partial charge is 0.367 e. The van der Waals surface area contributed by atoms with Crippen LogP contribution in [-0.4, -0.2) is 42.4 Å². The van der Waals surface area contributed by atoms with Crippen LogP contribution < -0.4 is 0 Å². The predicted molar refractivity (Wildman–Crippen MR) is 72.3 cm³/mol. The quantitative estimate of drug-likeness (QED) is 0.553. The zero-order chi connectivity index (χ0) is 17.2. The first-order valence-electron chi connectivity index (χ1n) is 6.45. The molecule has 1 aliphatic heterocycles. The fraction of sp³-hybridized carbons (Fsp3) is 0.846. The number of rotatable bonds is 4. The van der Waals surface area contributed by atoms with E-state index in [1.807, 2.05) is 0 Å². The third-order valence-electron chi connectivity index (χ3n) is 5.15. The third kappa shape index (κ3) is 2.34. The van der Waals surface area contributed by atoms with E-state index < -0.39 is 50.3 Å². The Morgan fingerprint density at radius 3 is 2.22 bits per heavy atom. The summed E-state index contributed by atoms with van der Waals surface area (Å²) in [5.74, 6) is -1.90. The van der Waals surface area contributed by atoms with Gasteiger partial charge in [-0.05, 0) is 19.8 Å². The second-order valence-electron chi connectivity index (χ2n) is 6.34. The van der Waals surface area contributed by atoms with Gasteiger partial charge in [-0.3, -0.25) is 4.79 Å². The molecule has 1 aliphatic carbocycles. The van der Waals surface area contributed by atoms with Crippen molar-refractivity contribution in [2.45, 2.75) is 51.9 Å². The topological polar surface area (TPSA) is 110 Å². The molecule has 2 aliphatic rings. The number of hydrogen-bond acceptors (Lipinski definition) is 7. The van der Waals surface area contributed by atoms with E-state index in [2.05, 4.69) is 4.74 Å². The molecule has 23 heavy (non-hydrogen) atoms. The first-order chi connectivity index (χ1) is 9.71. The van der Waals surface area contributed by atoms with E-state index in [0.29, 0.717) is 6.42 Å². The largest absolute Gasteiger partial charge is 0.743 e. The van der Waals surface area contributed by atoms with Crippen LogP contribution in [0.15, 0.2) is 0 Å². The molecular formula is C13H19F2O7S-. The number of alkyl halides is 2. The maximum absolute atomic E-state index is 13.1. The Morgan fingerprint density at radius 2 is 1.87 bits per heavy atom. The third-order valence-corrected chi connectivity index (χ3v) is 6.00. The van der Waals surface area contributed by atoms with E-state index in [9.17, 15) is 31.3 Å². The summed E-state index contributed by atoms with van der Waals surface area (Å²) in [5, 5.41) is -4.74. The molecular weight excluding hydrogens is 338 g/mol. The summed E-state index contributed by atoms with van der Waals surface area (Å²) in [6.07, 6.45) is 0.390. The van der Waals surface area contributed by atoms with Gasteiger partial charge in [0.05, 0.1) is 5.41 Å². The van der Waals surface area contributed by atoms with Gasteiger partial charge in [-0.1, -0.05) is 21.3 Å². The summed E-state index contributed by atoms with van der Waals surface area (Å²) in [6, 6.07) is 0. The monoisotopic (exact) mass is 357 g/mol. The summed E-state index contributed by atoms with van der Waals surface area (Å²) < 4.78 is 66.7. The minimum Gasteiger partial charge on any atom is -0.743 e. The van der Waals surface area contributed by atoms with Crippen LogP contribution in [-0.2, 0) is 29.2 Å². The maximum atomic E-state index is 13.1. The lowest BCUT2D eigenvalue weighted by Gasteiger charge is -2.34. The predicted octanol–water partition coefficient (Wildman–Crippen LogP) is 1.43. The highest BCUT2D eigenvalue weighted by atomic mass is 32.2. The Hall–Kier alpha value is -1.29. The lowest BCUT2D eigenvalue weighted by Crippen LogP contribution is -2.50. The minimum absolute atomic E-state index is 0. The van der Waals surface area contributed by atoms with Crippen LogP contribution in [0.2, 0.25) is 0 Å². The van der Waals surface area contributed by atoms with Crippen molar-refractivity contribution >= 4 is 22.1 Å². The zero-order valence-corrected chi connectivity index (χ0v) is 13.0. The summed E-state index contributed by atoms with van der Waals surface area (Å²) in [5.41, 5.74) is -3.72. The van der Waals surface area contributed by atoms with Crippen LogP contribution in [0.5, 0.6) is 0 Å². The van der Waals surface area contributed by atoms with Gasteiger partial charge in [-0.15, -0.1) is 0 Å². The maximum Gasteiger partial charge on any atom is 0.367 e. The van der Waals surface area contributed by atoms with Crippen molar-refractivity contribution in [3.8, 4) is 0 Å². The molecule has 7 nitrogen and oxygen atoms in total. The highest BCUT2D eigenvalue weighted by molar-refractivity contribution is 7.86. The minimum atomic E-state index is -5.96. The van der Waals surface area contributed by atoms with Crippen LogP contribution >= 0.6 is 0 Å². The molecule has 0 aromatic rings. The molecule has 2 fully saturated rings. The second kappa shape index (κ2) is 5.10. The van der Waals surface area contributed by atoms with E-state index in [1.54, 1.807) is 20.8 Å². The standard InChI is InChI=1S/C12H16F2O7S.CH4/c1-9(2)10(3)4-5-11(9,21-7(10)15)8(16)20-6-12(13,14)22(17,18)19;/h4-6H2,1-3H3,(H,17,18,19);1H4/p-1. The van der Waals surface area contributed by atoms with Crippen molar-refractivity contribution < 1.29 is 40.8 Å². The highest BCUT2D eigenvalue weighted by Crippen LogP contribution is 2.65. The summed E-state index contributed by atoms with van der Waals surface area (Å²) in [7, 11) is -5.96. The molecule has 1 heterocycles. The molecule has 0 aromatic carbocycles. The van der Waals surface area contributed by atoms with Crippen LogP contribution in [0, 0.1) is 10.8 Å². The van der Waals surface area contributed by atoms with Crippen molar-refractivity contribution in [2.75, 3.05) is 6.61 Å². The van der Waals surface area contributed by atoms with Crippen molar-refractivity contribution in [1.82, 2.24) is 0 Å². The van der Waals surface area contributed by atoms with Gasteiger partial charge in [0.25, 0.3) is 0 Å². The van der Waals surface area contributed by atoms with Gasteiger partial charge >= 0.3 is 17.2 Å². The van der Waals surface area contributed by atoms with Crippen molar-refractivity contribution in [2.24, 2.45) is 10.8 Å². The number of carbonyl (C=O) groups is 2. The Balaban J connectivity index is 0.00000264. The molecule has 1 saturated carbocycles. The number of ether oxygens (including phenoxy) is 2. The average Bonchev–Trinajstić information content (AvgIpc) is 2.65. The number of fused-ring (bicyclic) bond motifs is 2. The van der Waals surface area contributed by atoms with Crippen LogP contribution in [0.4, 0.5) is 8.78 Å². The molecule has 2 atom stereocenters. The Bertz CT molecular complexity index is 643. The molecule has 2 bridgehead atoms. The van der Waals surface area contributed by atoms with Gasteiger partial charge < -0.3 is 14.0 Å². The van der Waals surface area contributed by atoms with Gasteiger partial charge in [-0.25, -0.2) is 13.2 Å². The molecule has 0 N–H and O–H groups in total. The van der Waals surface area contributed by atoms with Gasteiger partial charge in [0.1, 0.15) is 0 Å². The van der Waals surface area contributed by atoms with Crippen molar-refractivity contribution in [3.05, 3.63) is 0 Å². The van der Waals surface area contributed by atoms with Gasteiger partial charge in [0.15, 0.2) is 16.7 Å². The molecule has 2 rings (SSSR count). The van der Waals surface area contributed by atoms with Gasteiger partial charge in [0.2, 0.25) is 5.60 Å². The van der Waals surface area contributed by atoms with Crippen molar-refractivity contribution in [3.63, 3.8) is 0 Å². The van der Waals surface area contributed by atoms with Crippen LogP contribution in [0.1, 0.15) is 41.0 Å². The Morgan fingerprint density at radius 1 is 1.35 bits per heavy atom.